The fourth-order valence-electron chi connectivity index (χ4n) is 10.3. The molecular formula is C60H116O14. The molecule has 0 aromatic heterocycles. The van der Waals surface area contributed by atoms with Crippen molar-refractivity contribution in [1.29, 1.82) is 0 Å². The standard InChI is InChI=1S/C60H116O14/c1-3-5-7-9-11-13-15-17-19-21-23-24-26-28-30-32-34-36-38-40-42-44-69-46-49(72-52(62)43-41-39-37-35-33-31-29-27-25-22-20-18-16-14-12-10-8-6-4-2)47-70-59-58(68)56(66)54(64)51(74-59)48-71-60-57(67)55(65)53(63)50(45-61)73-60/h49-51,53-61,63-68H,3-48H2,1-2H3. The Morgan fingerprint density at radius 2 is 0.716 bits per heavy atom. The van der Waals surface area contributed by atoms with Gasteiger partial charge in [0.2, 0.25) is 0 Å². The highest BCUT2D eigenvalue weighted by Gasteiger charge is 2.47. The number of aliphatic hydroxyl groups excluding tert-OH is 7. The molecule has 2 aliphatic rings. The normalized spacial score (nSPS) is 24.7. The van der Waals surface area contributed by atoms with Crippen LogP contribution in [0.4, 0.5) is 0 Å². The average molecular weight is 1060 g/mol. The van der Waals surface area contributed by atoms with Crippen LogP contribution in [0.2, 0.25) is 0 Å². The van der Waals surface area contributed by atoms with Crippen molar-refractivity contribution >= 4 is 5.97 Å². The van der Waals surface area contributed by atoms with Crippen LogP contribution in [0.1, 0.15) is 277 Å². The van der Waals surface area contributed by atoms with Crippen LogP contribution < -0.4 is 0 Å². The number of rotatable bonds is 52. The SMILES string of the molecule is CCCCCCCCCCCCCCCCCCCCCCCOCC(COC1OC(COC2OC(CO)C(O)C(O)C2O)C(O)C(O)C1O)OC(=O)CCCCCCCCCCCCCCCCCCCCC. The third-order valence-electron chi connectivity index (χ3n) is 15.4. The number of hydrogen-bond acceptors (Lipinski definition) is 14. The van der Waals surface area contributed by atoms with Crippen LogP contribution in [-0.4, -0.2) is 142 Å². The molecule has 0 amide bonds. The van der Waals surface area contributed by atoms with Crippen LogP contribution in [0.25, 0.3) is 0 Å². The fourth-order valence-corrected chi connectivity index (χ4v) is 10.3. The van der Waals surface area contributed by atoms with Gasteiger partial charge in [0.05, 0.1) is 26.4 Å². The molecule has 11 atom stereocenters. The Morgan fingerprint density at radius 1 is 0.392 bits per heavy atom. The first-order valence-electron chi connectivity index (χ1n) is 31.1. The van der Waals surface area contributed by atoms with E-state index in [0.29, 0.717) is 6.61 Å². The van der Waals surface area contributed by atoms with Gasteiger partial charge in [-0.3, -0.25) is 4.79 Å². The molecule has 0 aromatic carbocycles. The lowest BCUT2D eigenvalue weighted by Gasteiger charge is -2.42. The molecule has 2 fully saturated rings. The smallest absolute Gasteiger partial charge is 0.306 e. The van der Waals surface area contributed by atoms with Crippen LogP contribution in [0.3, 0.4) is 0 Å². The number of ether oxygens (including phenoxy) is 6. The van der Waals surface area contributed by atoms with E-state index in [4.69, 9.17) is 28.4 Å². The third-order valence-corrected chi connectivity index (χ3v) is 15.4. The van der Waals surface area contributed by atoms with Gasteiger partial charge in [0.15, 0.2) is 12.6 Å². The molecule has 74 heavy (non-hydrogen) atoms. The van der Waals surface area contributed by atoms with Crippen molar-refractivity contribution in [3.63, 3.8) is 0 Å². The molecule has 2 heterocycles. The lowest BCUT2D eigenvalue weighted by atomic mass is 9.98. The minimum Gasteiger partial charge on any atom is -0.457 e. The van der Waals surface area contributed by atoms with Crippen LogP contribution in [0, 0.1) is 0 Å². The maximum absolute atomic E-state index is 13.1. The van der Waals surface area contributed by atoms with Gasteiger partial charge in [-0.05, 0) is 12.8 Å². The monoisotopic (exact) mass is 1060 g/mol. The molecule has 0 aromatic rings. The van der Waals surface area contributed by atoms with Gasteiger partial charge in [-0.2, -0.15) is 0 Å². The second-order valence-corrected chi connectivity index (χ2v) is 22.3. The Morgan fingerprint density at radius 3 is 1.09 bits per heavy atom. The number of aliphatic hydroxyl groups is 7. The second-order valence-electron chi connectivity index (χ2n) is 22.3. The van der Waals surface area contributed by atoms with Crippen LogP contribution in [-0.2, 0) is 33.2 Å². The fraction of sp³-hybridized carbons (Fsp3) is 0.983. The van der Waals surface area contributed by atoms with E-state index in [1.807, 2.05) is 0 Å². The van der Waals surface area contributed by atoms with Crippen molar-refractivity contribution in [3.8, 4) is 0 Å². The quantitative estimate of drug-likeness (QED) is 0.0223. The lowest BCUT2D eigenvalue weighted by Crippen LogP contribution is -2.61. The van der Waals surface area contributed by atoms with Gasteiger partial charge >= 0.3 is 5.97 Å². The highest BCUT2D eigenvalue weighted by molar-refractivity contribution is 5.69. The molecule has 2 rings (SSSR count). The van der Waals surface area contributed by atoms with E-state index in [1.54, 1.807) is 0 Å². The summed E-state index contributed by atoms with van der Waals surface area (Å²) in [5.41, 5.74) is 0. The molecule has 440 valence electrons. The molecule has 7 N–H and O–H groups in total. The molecule has 0 spiro atoms. The summed E-state index contributed by atoms with van der Waals surface area (Å²) in [5, 5.41) is 72.4. The van der Waals surface area contributed by atoms with Crippen molar-refractivity contribution in [2.24, 2.45) is 0 Å². The zero-order valence-corrected chi connectivity index (χ0v) is 47.4. The maximum Gasteiger partial charge on any atom is 0.306 e. The molecule has 0 aliphatic carbocycles. The third kappa shape index (κ3) is 34.1. The summed E-state index contributed by atoms with van der Waals surface area (Å²) in [4.78, 5) is 13.1. The van der Waals surface area contributed by atoms with Crippen molar-refractivity contribution < 1.29 is 69.0 Å². The van der Waals surface area contributed by atoms with E-state index in [2.05, 4.69) is 13.8 Å². The molecule has 0 saturated carbocycles. The Labute approximate surface area is 451 Å². The molecule has 0 radical (unpaired) electrons. The first-order chi connectivity index (χ1) is 36.1. The average Bonchev–Trinajstić information content (AvgIpc) is 3.40. The lowest BCUT2D eigenvalue weighted by molar-refractivity contribution is -0.332. The molecule has 14 heteroatoms. The van der Waals surface area contributed by atoms with E-state index >= 15 is 0 Å². The van der Waals surface area contributed by atoms with E-state index in [-0.39, 0.29) is 25.6 Å². The number of esters is 1. The number of carbonyl (C=O) groups is 1. The Balaban J connectivity index is 1.68. The summed E-state index contributed by atoms with van der Waals surface area (Å²) < 4.78 is 34.5. The van der Waals surface area contributed by atoms with Crippen molar-refractivity contribution in [1.82, 2.24) is 0 Å². The van der Waals surface area contributed by atoms with Gasteiger partial charge in [-0.1, -0.05) is 258 Å². The molecule has 11 unspecified atom stereocenters. The number of hydrogen-bond donors (Lipinski definition) is 7. The topological polar surface area (TPSA) is 214 Å². The summed E-state index contributed by atoms with van der Waals surface area (Å²) in [6.45, 7) is 3.78. The molecule has 0 bridgehead atoms. The molecular weight excluding hydrogens is 945 g/mol. The van der Waals surface area contributed by atoms with Gasteiger partial charge < -0.3 is 64.2 Å². The van der Waals surface area contributed by atoms with Gasteiger partial charge in [0.25, 0.3) is 0 Å². The van der Waals surface area contributed by atoms with Gasteiger partial charge in [-0.15, -0.1) is 0 Å². The van der Waals surface area contributed by atoms with Crippen LogP contribution in [0.15, 0.2) is 0 Å². The van der Waals surface area contributed by atoms with Crippen molar-refractivity contribution in [3.05, 3.63) is 0 Å². The highest BCUT2D eigenvalue weighted by Crippen LogP contribution is 2.27. The number of carbonyl (C=O) groups excluding carboxylic acids is 1. The van der Waals surface area contributed by atoms with E-state index in [9.17, 15) is 40.5 Å². The minimum atomic E-state index is -1.70. The van der Waals surface area contributed by atoms with E-state index in [1.165, 1.54) is 212 Å². The van der Waals surface area contributed by atoms with Gasteiger partial charge in [0.1, 0.15) is 54.9 Å². The Kier molecular flexibility index (Phi) is 44.8. The van der Waals surface area contributed by atoms with Gasteiger partial charge in [0, 0.05) is 13.0 Å². The van der Waals surface area contributed by atoms with Gasteiger partial charge in [-0.25, -0.2) is 0 Å². The first-order valence-corrected chi connectivity index (χ1v) is 31.1. The van der Waals surface area contributed by atoms with Crippen molar-refractivity contribution in [2.75, 3.05) is 33.0 Å². The van der Waals surface area contributed by atoms with E-state index < -0.39 is 80.7 Å². The molecule has 2 aliphatic heterocycles. The summed E-state index contributed by atoms with van der Waals surface area (Å²) in [7, 11) is 0. The predicted molar refractivity (Wildman–Crippen MR) is 294 cm³/mol. The summed E-state index contributed by atoms with van der Waals surface area (Å²) >= 11 is 0. The largest absolute Gasteiger partial charge is 0.457 e. The highest BCUT2D eigenvalue weighted by atomic mass is 16.7. The maximum atomic E-state index is 13.1. The minimum absolute atomic E-state index is 0.0712. The summed E-state index contributed by atoms with van der Waals surface area (Å²) in [6, 6.07) is 0. The Hall–Kier alpha value is -1.01. The second kappa shape index (κ2) is 47.9. The first kappa shape index (κ1) is 69.1. The number of unbranched alkanes of at least 4 members (excludes halogenated alkanes) is 38. The predicted octanol–water partition coefficient (Wildman–Crippen LogP) is 11.6. The van der Waals surface area contributed by atoms with Crippen LogP contribution in [0.5, 0.6) is 0 Å². The Bertz CT molecular complexity index is 1230. The summed E-state index contributed by atoms with van der Waals surface area (Å²) in [6.07, 6.45) is 35.9. The zero-order valence-electron chi connectivity index (χ0n) is 47.4. The van der Waals surface area contributed by atoms with Crippen molar-refractivity contribution in [2.45, 2.75) is 345 Å². The van der Waals surface area contributed by atoms with E-state index in [0.717, 1.165) is 44.9 Å². The molecule has 2 saturated heterocycles. The zero-order chi connectivity index (χ0) is 53.7. The summed E-state index contributed by atoms with van der Waals surface area (Å²) in [5.74, 6) is -0.366. The van der Waals surface area contributed by atoms with Crippen LogP contribution >= 0.6 is 0 Å². The molecule has 14 nitrogen and oxygen atoms in total.